The third-order valence-electron chi connectivity index (χ3n) is 4.47. The number of nitrogens with zero attached hydrogens (tertiary/aromatic N) is 3. The first-order valence-electron chi connectivity index (χ1n) is 8.01. The predicted octanol–water partition coefficient (Wildman–Crippen LogP) is 2.22. The van der Waals surface area contributed by atoms with Crippen LogP contribution in [0.2, 0.25) is 0 Å². The number of aromatic nitrogens is 3. The van der Waals surface area contributed by atoms with E-state index < -0.39 is 0 Å². The zero-order valence-corrected chi connectivity index (χ0v) is 13.7. The van der Waals surface area contributed by atoms with E-state index in [0.717, 1.165) is 41.8 Å². The van der Waals surface area contributed by atoms with Gasteiger partial charge in [-0.05, 0) is 31.0 Å². The Labute approximate surface area is 139 Å². The Bertz CT molecular complexity index is 882. The summed E-state index contributed by atoms with van der Waals surface area (Å²) >= 11 is 0. The minimum atomic E-state index is -0.0000634. The molecule has 1 amide bonds. The molecule has 1 aliphatic rings. The highest BCUT2D eigenvalue weighted by Gasteiger charge is 2.25. The Balaban J connectivity index is 1.66. The number of anilines is 1. The van der Waals surface area contributed by atoms with Crippen molar-refractivity contribution in [1.82, 2.24) is 20.3 Å². The van der Waals surface area contributed by atoms with Gasteiger partial charge in [0.25, 0.3) is 5.91 Å². The molecule has 0 bridgehead atoms. The fourth-order valence-corrected chi connectivity index (χ4v) is 3.27. The molecule has 1 aromatic carbocycles. The van der Waals surface area contributed by atoms with Gasteiger partial charge >= 0.3 is 0 Å². The number of rotatable bonds is 3. The average Bonchev–Trinajstić information content (AvgIpc) is 3.21. The molecule has 4 rings (SSSR count). The van der Waals surface area contributed by atoms with Crippen LogP contribution in [0.3, 0.4) is 0 Å². The lowest BCUT2D eigenvalue weighted by Crippen LogP contribution is -2.27. The molecule has 2 aromatic heterocycles. The van der Waals surface area contributed by atoms with Crippen LogP contribution in [-0.2, 0) is 12.8 Å². The standard InChI is InChI=1S/C17H19N5O2/c1-22(2)17(23)10-3-5-14-12(7-10)13-8-11(4-6-15(13)24-14)19-16-9-18-21-20-16/h3,5,7,9,11H,4,6,8H2,1-2H3,(H2,18,19,20,21). The summed E-state index contributed by atoms with van der Waals surface area (Å²) in [7, 11) is 3.52. The second-order valence-corrected chi connectivity index (χ2v) is 6.36. The molecule has 7 nitrogen and oxygen atoms in total. The first-order chi connectivity index (χ1) is 11.6. The van der Waals surface area contributed by atoms with Crippen LogP contribution in [0.15, 0.2) is 28.8 Å². The molecule has 0 radical (unpaired) electrons. The van der Waals surface area contributed by atoms with Gasteiger partial charge in [-0.3, -0.25) is 9.89 Å². The first kappa shape index (κ1) is 14.7. The number of hydrogen-bond donors (Lipinski definition) is 2. The lowest BCUT2D eigenvalue weighted by molar-refractivity contribution is 0.0828. The maximum Gasteiger partial charge on any atom is 0.253 e. The predicted molar refractivity (Wildman–Crippen MR) is 90.0 cm³/mol. The Morgan fingerprint density at radius 2 is 2.29 bits per heavy atom. The number of fused-ring (bicyclic) bond motifs is 3. The van der Waals surface area contributed by atoms with Gasteiger partial charge in [-0.1, -0.05) is 5.21 Å². The van der Waals surface area contributed by atoms with Crippen LogP contribution >= 0.6 is 0 Å². The minimum absolute atomic E-state index is 0.0000634. The number of aryl methyl sites for hydroxylation is 1. The molecule has 3 aromatic rings. The normalized spacial score (nSPS) is 16.8. The van der Waals surface area contributed by atoms with Gasteiger partial charge in [0.05, 0.1) is 6.20 Å². The van der Waals surface area contributed by atoms with E-state index in [1.807, 2.05) is 18.2 Å². The summed E-state index contributed by atoms with van der Waals surface area (Å²) < 4.78 is 5.98. The average molecular weight is 325 g/mol. The van der Waals surface area contributed by atoms with Gasteiger partial charge in [0.15, 0.2) is 5.82 Å². The molecular formula is C17H19N5O2. The molecule has 2 N–H and O–H groups in total. The fraction of sp³-hybridized carbons (Fsp3) is 0.353. The van der Waals surface area contributed by atoms with E-state index in [1.54, 1.807) is 25.2 Å². The number of nitrogens with one attached hydrogen (secondary N) is 2. The quantitative estimate of drug-likeness (QED) is 0.771. The van der Waals surface area contributed by atoms with Crippen LogP contribution in [-0.4, -0.2) is 46.4 Å². The van der Waals surface area contributed by atoms with Crippen LogP contribution in [0.5, 0.6) is 0 Å². The van der Waals surface area contributed by atoms with Crippen molar-refractivity contribution < 1.29 is 9.21 Å². The Morgan fingerprint density at radius 1 is 1.42 bits per heavy atom. The summed E-state index contributed by atoms with van der Waals surface area (Å²) in [6.45, 7) is 0. The van der Waals surface area contributed by atoms with E-state index >= 15 is 0 Å². The van der Waals surface area contributed by atoms with Crippen molar-refractivity contribution in [3.05, 3.63) is 41.3 Å². The summed E-state index contributed by atoms with van der Waals surface area (Å²) in [5.74, 6) is 1.78. The lowest BCUT2D eigenvalue weighted by Gasteiger charge is -2.22. The monoisotopic (exact) mass is 325 g/mol. The first-order valence-corrected chi connectivity index (χ1v) is 8.01. The number of carbonyl (C=O) groups is 1. The highest BCUT2D eigenvalue weighted by molar-refractivity contribution is 5.98. The SMILES string of the molecule is CN(C)C(=O)c1ccc2oc3c(c2c1)CC(Nc1c[nH]nn1)CC3. The van der Waals surface area contributed by atoms with Crippen molar-refractivity contribution >= 4 is 22.7 Å². The van der Waals surface area contributed by atoms with E-state index in [2.05, 4.69) is 20.7 Å². The molecule has 1 atom stereocenters. The molecule has 1 aliphatic carbocycles. The Hall–Kier alpha value is -2.83. The smallest absolute Gasteiger partial charge is 0.253 e. The zero-order chi connectivity index (χ0) is 16.7. The molecule has 24 heavy (non-hydrogen) atoms. The van der Waals surface area contributed by atoms with Crippen molar-refractivity contribution in [3.63, 3.8) is 0 Å². The number of H-pyrrole nitrogens is 1. The van der Waals surface area contributed by atoms with Crippen LogP contribution in [0.1, 0.15) is 28.1 Å². The summed E-state index contributed by atoms with van der Waals surface area (Å²) in [5, 5.41) is 14.8. The molecule has 1 unspecified atom stereocenters. The van der Waals surface area contributed by atoms with Gasteiger partial charge in [0, 0.05) is 43.1 Å². The molecule has 2 heterocycles. The topological polar surface area (TPSA) is 87.0 Å². The van der Waals surface area contributed by atoms with Gasteiger partial charge < -0.3 is 14.6 Å². The second kappa shape index (κ2) is 5.67. The third-order valence-corrected chi connectivity index (χ3v) is 4.47. The number of hydrogen-bond acceptors (Lipinski definition) is 5. The van der Waals surface area contributed by atoms with Gasteiger partial charge in [0.2, 0.25) is 0 Å². The van der Waals surface area contributed by atoms with Crippen molar-refractivity contribution in [2.24, 2.45) is 0 Å². The van der Waals surface area contributed by atoms with Crippen LogP contribution in [0.25, 0.3) is 11.0 Å². The number of amides is 1. The van der Waals surface area contributed by atoms with Crippen molar-refractivity contribution in [3.8, 4) is 0 Å². The summed E-state index contributed by atoms with van der Waals surface area (Å²) in [4.78, 5) is 13.8. The Morgan fingerprint density at radius 3 is 3.04 bits per heavy atom. The van der Waals surface area contributed by atoms with Gasteiger partial charge in [-0.25, -0.2) is 0 Å². The van der Waals surface area contributed by atoms with E-state index in [9.17, 15) is 4.79 Å². The largest absolute Gasteiger partial charge is 0.461 e. The highest BCUT2D eigenvalue weighted by Crippen LogP contribution is 2.33. The Kier molecular flexibility index (Phi) is 3.48. The summed E-state index contributed by atoms with van der Waals surface area (Å²) in [6.07, 6.45) is 4.44. The summed E-state index contributed by atoms with van der Waals surface area (Å²) in [6, 6.07) is 5.94. The second-order valence-electron chi connectivity index (χ2n) is 6.36. The maximum absolute atomic E-state index is 12.2. The molecule has 0 aliphatic heterocycles. The van der Waals surface area contributed by atoms with E-state index in [4.69, 9.17) is 4.42 Å². The highest BCUT2D eigenvalue weighted by atomic mass is 16.3. The van der Waals surface area contributed by atoms with Gasteiger partial charge in [0.1, 0.15) is 11.3 Å². The van der Waals surface area contributed by atoms with Crippen LogP contribution in [0.4, 0.5) is 5.82 Å². The number of carbonyl (C=O) groups excluding carboxylic acids is 1. The van der Waals surface area contributed by atoms with Crippen LogP contribution < -0.4 is 5.32 Å². The van der Waals surface area contributed by atoms with Crippen molar-refractivity contribution in [2.75, 3.05) is 19.4 Å². The van der Waals surface area contributed by atoms with Crippen molar-refractivity contribution in [2.45, 2.75) is 25.3 Å². The zero-order valence-electron chi connectivity index (χ0n) is 13.7. The molecular weight excluding hydrogens is 306 g/mol. The number of benzene rings is 1. The molecule has 124 valence electrons. The van der Waals surface area contributed by atoms with E-state index in [1.165, 1.54) is 5.56 Å². The maximum atomic E-state index is 12.2. The molecule has 0 spiro atoms. The molecule has 0 fully saturated rings. The molecule has 7 heteroatoms. The molecule has 0 saturated heterocycles. The number of furan rings is 1. The van der Waals surface area contributed by atoms with Crippen LogP contribution in [0, 0.1) is 0 Å². The van der Waals surface area contributed by atoms with E-state index in [0.29, 0.717) is 5.56 Å². The van der Waals surface area contributed by atoms with Gasteiger partial charge in [-0.2, -0.15) is 0 Å². The molecule has 0 saturated carbocycles. The fourth-order valence-electron chi connectivity index (χ4n) is 3.27. The lowest BCUT2D eigenvalue weighted by atomic mass is 9.91. The summed E-state index contributed by atoms with van der Waals surface area (Å²) in [5.41, 5.74) is 2.71. The van der Waals surface area contributed by atoms with Gasteiger partial charge in [-0.15, -0.1) is 5.10 Å². The third kappa shape index (κ3) is 2.51. The van der Waals surface area contributed by atoms with E-state index in [-0.39, 0.29) is 11.9 Å². The van der Waals surface area contributed by atoms with Crippen molar-refractivity contribution in [1.29, 1.82) is 0 Å². The number of aromatic amines is 1. The minimum Gasteiger partial charge on any atom is -0.461 e.